The molecule has 2 saturated heterocycles. The monoisotopic (exact) mass is 388 g/mol. The number of aromatic amines is 1. The fraction of sp³-hybridized carbons (Fsp3) is 0.500. The summed E-state index contributed by atoms with van der Waals surface area (Å²) in [6, 6.07) is 3.11. The quantitative estimate of drug-likeness (QED) is 0.840. The number of H-pyrrole nitrogens is 1. The van der Waals surface area contributed by atoms with Crippen LogP contribution in [0.25, 0.3) is 10.9 Å². The van der Waals surface area contributed by atoms with Gasteiger partial charge in [0.05, 0.1) is 24.4 Å². The first-order chi connectivity index (χ1) is 13.5. The van der Waals surface area contributed by atoms with Crippen LogP contribution in [0.5, 0.6) is 0 Å². The Balaban J connectivity index is 1.67. The number of anilines is 1. The molecule has 1 atom stereocenters. The number of fused-ring (bicyclic) bond motifs is 1. The molecule has 2 aliphatic heterocycles. The molecule has 2 aliphatic rings. The third-order valence-electron chi connectivity index (χ3n) is 5.78. The number of pyridine rings is 1. The number of benzene rings is 1. The number of carbonyl (C=O) groups is 1. The van der Waals surface area contributed by atoms with E-state index < -0.39 is 11.2 Å². The normalized spacial score (nSPS) is 21.3. The molecule has 7 nitrogen and oxygen atoms in total. The lowest BCUT2D eigenvalue weighted by molar-refractivity contribution is 0.0571. The summed E-state index contributed by atoms with van der Waals surface area (Å²) in [5, 5.41) is 0.197. The lowest BCUT2D eigenvalue weighted by atomic mass is 10.1. The van der Waals surface area contributed by atoms with E-state index in [1.165, 1.54) is 12.3 Å². The summed E-state index contributed by atoms with van der Waals surface area (Å²) >= 11 is 0. The van der Waals surface area contributed by atoms with Gasteiger partial charge in [0, 0.05) is 50.3 Å². The van der Waals surface area contributed by atoms with Crippen LogP contribution in [-0.2, 0) is 4.74 Å². The molecular formula is C20H25FN4O3. The Morgan fingerprint density at radius 3 is 2.68 bits per heavy atom. The van der Waals surface area contributed by atoms with Crippen LogP contribution in [0.1, 0.15) is 17.3 Å². The van der Waals surface area contributed by atoms with Gasteiger partial charge in [-0.25, -0.2) is 4.39 Å². The van der Waals surface area contributed by atoms with Crippen molar-refractivity contribution in [3.05, 3.63) is 39.9 Å². The van der Waals surface area contributed by atoms with Gasteiger partial charge in [0.15, 0.2) is 0 Å². The highest BCUT2D eigenvalue weighted by Gasteiger charge is 2.27. The Morgan fingerprint density at radius 1 is 1.21 bits per heavy atom. The van der Waals surface area contributed by atoms with E-state index in [0.29, 0.717) is 50.6 Å². The van der Waals surface area contributed by atoms with Crippen molar-refractivity contribution < 1.29 is 13.9 Å². The zero-order valence-corrected chi connectivity index (χ0v) is 16.2. The number of carbonyl (C=O) groups excluding carboxylic acids is 1. The van der Waals surface area contributed by atoms with Crippen LogP contribution in [0.4, 0.5) is 10.1 Å². The van der Waals surface area contributed by atoms with E-state index in [0.717, 1.165) is 6.54 Å². The molecule has 0 aliphatic carbocycles. The molecule has 0 saturated carbocycles. The van der Waals surface area contributed by atoms with E-state index in [1.807, 2.05) is 18.9 Å². The number of morpholine rings is 1. The molecule has 0 spiro atoms. The second-order valence-corrected chi connectivity index (χ2v) is 7.56. The zero-order valence-electron chi connectivity index (χ0n) is 16.2. The predicted molar refractivity (Wildman–Crippen MR) is 106 cm³/mol. The first kappa shape index (κ1) is 18.9. The first-order valence-corrected chi connectivity index (χ1v) is 9.63. The molecule has 1 unspecified atom stereocenters. The molecule has 2 fully saturated rings. The Morgan fingerprint density at radius 2 is 1.96 bits per heavy atom. The number of aromatic nitrogens is 1. The molecule has 0 radical (unpaired) electrons. The predicted octanol–water partition coefficient (Wildman–Crippen LogP) is 1.28. The van der Waals surface area contributed by atoms with Crippen LogP contribution in [0, 0.1) is 5.82 Å². The number of hydrogen-bond donors (Lipinski definition) is 1. The minimum Gasteiger partial charge on any atom is -0.378 e. The molecule has 1 amide bonds. The summed E-state index contributed by atoms with van der Waals surface area (Å²) in [5.74, 6) is -0.765. The van der Waals surface area contributed by atoms with Crippen LogP contribution >= 0.6 is 0 Å². The molecule has 3 heterocycles. The Hall–Kier alpha value is -2.45. The van der Waals surface area contributed by atoms with Crippen LogP contribution in [0.3, 0.4) is 0 Å². The van der Waals surface area contributed by atoms with Crippen LogP contribution in [-0.4, -0.2) is 79.7 Å². The number of nitrogens with zero attached hydrogens (tertiary/aromatic N) is 3. The number of nitrogens with one attached hydrogen (secondary N) is 1. The average Bonchev–Trinajstić information content (AvgIpc) is 2.70. The van der Waals surface area contributed by atoms with Crippen LogP contribution in [0.15, 0.2) is 23.1 Å². The number of amides is 1. The van der Waals surface area contributed by atoms with E-state index in [9.17, 15) is 14.0 Å². The number of likely N-dealkylation sites (N-methyl/N-ethyl adjacent to an activating group) is 1. The largest absolute Gasteiger partial charge is 0.378 e. The summed E-state index contributed by atoms with van der Waals surface area (Å²) in [5.41, 5.74) is 0.593. The van der Waals surface area contributed by atoms with Crippen molar-refractivity contribution in [1.29, 1.82) is 0 Å². The van der Waals surface area contributed by atoms with Gasteiger partial charge in [-0.3, -0.25) is 9.59 Å². The summed E-state index contributed by atoms with van der Waals surface area (Å²) in [7, 11) is 2.02. The maximum Gasteiger partial charge on any atom is 0.259 e. The Bertz CT molecular complexity index is 954. The van der Waals surface area contributed by atoms with Gasteiger partial charge in [-0.1, -0.05) is 0 Å². The van der Waals surface area contributed by atoms with Crippen molar-refractivity contribution in [1.82, 2.24) is 14.8 Å². The highest BCUT2D eigenvalue weighted by Crippen LogP contribution is 2.25. The number of hydrogen-bond acceptors (Lipinski definition) is 5. The number of ether oxygens (including phenoxy) is 1. The topological polar surface area (TPSA) is 68.9 Å². The standard InChI is InChI=1S/C20H25FN4O3/c1-13-12-25(4-3-23(13)2)20(27)15-11-22-17-10-18(24-5-7-28-8-6-24)16(21)9-14(17)19(15)26/h9-11,13H,3-8,12H2,1-2H3,(H,22,26). The van der Waals surface area contributed by atoms with E-state index in [-0.39, 0.29) is 22.9 Å². The van der Waals surface area contributed by atoms with E-state index in [1.54, 1.807) is 11.0 Å². The van der Waals surface area contributed by atoms with Gasteiger partial charge in [-0.05, 0) is 26.1 Å². The van der Waals surface area contributed by atoms with Crippen molar-refractivity contribution in [3.63, 3.8) is 0 Å². The highest BCUT2D eigenvalue weighted by atomic mass is 19.1. The minimum atomic E-state index is -0.460. The van der Waals surface area contributed by atoms with E-state index >= 15 is 0 Å². The third kappa shape index (κ3) is 3.38. The molecule has 8 heteroatoms. The molecule has 1 aromatic carbocycles. The lowest BCUT2D eigenvalue weighted by Crippen LogP contribution is -2.52. The second kappa shape index (κ2) is 7.52. The van der Waals surface area contributed by atoms with E-state index in [2.05, 4.69) is 9.88 Å². The molecular weight excluding hydrogens is 363 g/mol. The summed E-state index contributed by atoms with van der Waals surface area (Å²) < 4.78 is 20.0. The molecule has 150 valence electrons. The summed E-state index contributed by atoms with van der Waals surface area (Å²) in [6.45, 7) is 6.24. The van der Waals surface area contributed by atoms with Gasteiger partial charge in [0.1, 0.15) is 11.4 Å². The van der Waals surface area contributed by atoms with Gasteiger partial charge in [0.25, 0.3) is 5.91 Å². The van der Waals surface area contributed by atoms with Gasteiger partial charge in [-0.15, -0.1) is 0 Å². The lowest BCUT2D eigenvalue weighted by Gasteiger charge is -2.37. The Labute approximate surface area is 162 Å². The fourth-order valence-corrected chi connectivity index (χ4v) is 3.84. The molecule has 0 bridgehead atoms. The van der Waals surface area contributed by atoms with Crippen molar-refractivity contribution in [2.45, 2.75) is 13.0 Å². The maximum absolute atomic E-state index is 14.7. The van der Waals surface area contributed by atoms with Crippen molar-refractivity contribution in [2.75, 3.05) is 57.9 Å². The van der Waals surface area contributed by atoms with Crippen LogP contribution < -0.4 is 10.3 Å². The number of rotatable bonds is 2. The average molecular weight is 388 g/mol. The van der Waals surface area contributed by atoms with Gasteiger partial charge >= 0.3 is 0 Å². The molecule has 1 aromatic heterocycles. The molecule has 28 heavy (non-hydrogen) atoms. The van der Waals surface area contributed by atoms with Crippen LogP contribution in [0.2, 0.25) is 0 Å². The SMILES string of the molecule is CC1CN(C(=O)c2c[nH]c3cc(N4CCOCC4)c(F)cc3c2=O)CCN1C. The highest BCUT2D eigenvalue weighted by molar-refractivity contribution is 5.97. The smallest absolute Gasteiger partial charge is 0.259 e. The van der Waals surface area contributed by atoms with Gasteiger partial charge < -0.3 is 24.4 Å². The third-order valence-corrected chi connectivity index (χ3v) is 5.78. The Kier molecular flexibility index (Phi) is 5.07. The van der Waals surface area contributed by atoms with Crippen molar-refractivity contribution >= 4 is 22.5 Å². The van der Waals surface area contributed by atoms with Gasteiger partial charge in [0.2, 0.25) is 5.43 Å². The fourth-order valence-electron chi connectivity index (χ4n) is 3.84. The van der Waals surface area contributed by atoms with Gasteiger partial charge in [-0.2, -0.15) is 0 Å². The molecule has 2 aromatic rings. The van der Waals surface area contributed by atoms with Crippen molar-refractivity contribution in [3.8, 4) is 0 Å². The maximum atomic E-state index is 14.7. The number of piperazine rings is 1. The number of halogens is 1. The molecule has 4 rings (SSSR count). The minimum absolute atomic E-state index is 0.0581. The molecule has 1 N–H and O–H groups in total. The van der Waals surface area contributed by atoms with Crippen molar-refractivity contribution in [2.24, 2.45) is 0 Å². The summed E-state index contributed by atoms with van der Waals surface area (Å²) in [6.07, 6.45) is 1.46. The zero-order chi connectivity index (χ0) is 19.8. The second-order valence-electron chi connectivity index (χ2n) is 7.56. The first-order valence-electron chi connectivity index (χ1n) is 9.63. The van der Waals surface area contributed by atoms with E-state index in [4.69, 9.17) is 4.74 Å². The summed E-state index contributed by atoms with van der Waals surface area (Å²) in [4.78, 5) is 34.6.